The molecule has 0 saturated heterocycles. The molecule has 8 nitrogen and oxygen atoms in total. The second-order valence-corrected chi connectivity index (χ2v) is 9.96. The number of benzene rings is 1. The van der Waals surface area contributed by atoms with Crippen molar-refractivity contribution in [1.29, 1.82) is 0 Å². The minimum atomic E-state index is -0.888. The van der Waals surface area contributed by atoms with Crippen molar-refractivity contribution in [2.45, 2.75) is 32.2 Å². The molecule has 3 aromatic rings. The SMILES string of the molecule is CN(C)CCCNC(=O)C(C)(C)n1cc(-c2cnc(N)c(OCCc3c(Cl)ccc(F)c3Cl)c2)cn1. The number of amides is 1. The van der Waals surface area contributed by atoms with Gasteiger partial charge < -0.3 is 20.7 Å². The maximum Gasteiger partial charge on any atom is 0.247 e. The van der Waals surface area contributed by atoms with E-state index in [0.717, 1.165) is 24.1 Å². The predicted molar refractivity (Wildman–Crippen MR) is 141 cm³/mol. The number of aromatic nitrogens is 3. The van der Waals surface area contributed by atoms with Crippen LogP contribution in [0.25, 0.3) is 11.1 Å². The molecule has 1 aromatic carbocycles. The largest absolute Gasteiger partial charge is 0.489 e. The Hall–Kier alpha value is -2.88. The fraction of sp³-hybridized carbons (Fsp3) is 0.400. The monoisotopic (exact) mass is 536 g/mol. The van der Waals surface area contributed by atoms with Gasteiger partial charge in [-0.05, 0) is 64.7 Å². The van der Waals surface area contributed by atoms with Gasteiger partial charge in [-0.3, -0.25) is 9.48 Å². The second-order valence-electron chi connectivity index (χ2n) is 9.17. The molecule has 36 heavy (non-hydrogen) atoms. The molecular formula is C25H31Cl2FN6O2. The highest BCUT2D eigenvalue weighted by atomic mass is 35.5. The van der Waals surface area contributed by atoms with Crippen molar-refractivity contribution in [3.63, 3.8) is 0 Å². The normalized spacial score (nSPS) is 11.7. The third-order valence-electron chi connectivity index (χ3n) is 5.74. The molecule has 0 saturated carbocycles. The van der Waals surface area contributed by atoms with E-state index in [2.05, 4.69) is 20.3 Å². The van der Waals surface area contributed by atoms with Gasteiger partial charge in [0.05, 0.1) is 17.8 Å². The van der Waals surface area contributed by atoms with Crippen LogP contribution in [-0.4, -0.2) is 59.4 Å². The van der Waals surface area contributed by atoms with Crippen molar-refractivity contribution in [2.24, 2.45) is 0 Å². The van der Waals surface area contributed by atoms with Gasteiger partial charge in [0.2, 0.25) is 5.91 Å². The van der Waals surface area contributed by atoms with Crippen LogP contribution >= 0.6 is 23.2 Å². The highest BCUT2D eigenvalue weighted by molar-refractivity contribution is 6.36. The molecule has 2 aromatic heterocycles. The summed E-state index contributed by atoms with van der Waals surface area (Å²) in [5.41, 5.74) is 7.04. The van der Waals surface area contributed by atoms with Crippen molar-refractivity contribution >= 4 is 34.9 Å². The maximum absolute atomic E-state index is 13.8. The minimum absolute atomic E-state index is 0.0253. The van der Waals surface area contributed by atoms with Crippen LogP contribution in [0.4, 0.5) is 10.2 Å². The number of carbonyl (C=O) groups excluding carboxylic acids is 1. The van der Waals surface area contributed by atoms with E-state index in [1.165, 1.54) is 12.1 Å². The van der Waals surface area contributed by atoms with Crippen molar-refractivity contribution in [2.75, 3.05) is 39.5 Å². The van der Waals surface area contributed by atoms with Crippen LogP contribution in [0.3, 0.4) is 0 Å². The van der Waals surface area contributed by atoms with Crippen LogP contribution in [0.5, 0.6) is 5.75 Å². The first-order valence-corrected chi connectivity index (χ1v) is 12.3. The molecule has 0 spiro atoms. The number of pyridine rings is 1. The molecule has 1 amide bonds. The lowest BCUT2D eigenvalue weighted by Crippen LogP contribution is -2.45. The van der Waals surface area contributed by atoms with Gasteiger partial charge in [-0.2, -0.15) is 5.10 Å². The lowest BCUT2D eigenvalue weighted by Gasteiger charge is -2.24. The van der Waals surface area contributed by atoms with Gasteiger partial charge in [0.25, 0.3) is 0 Å². The molecule has 0 aliphatic rings. The third-order valence-corrected chi connectivity index (χ3v) is 6.51. The summed E-state index contributed by atoms with van der Waals surface area (Å²) in [6, 6.07) is 4.42. The number of rotatable bonds is 11. The molecule has 3 rings (SSSR count). The second kappa shape index (κ2) is 11.9. The quantitative estimate of drug-likeness (QED) is 0.278. The molecule has 0 atom stereocenters. The fourth-order valence-corrected chi connectivity index (χ4v) is 4.04. The Morgan fingerprint density at radius 2 is 2.00 bits per heavy atom. The number of halogens is 3. The van der Waals surface area contributed by atoms with Gasteiger partial charge in [0, 0.05) is 41.5 Å². The minimum Gasteiger partial charge on any atom is -0.489 e. The van der Waals surface area contributed by atoms with Gasteiger partial charge in [0.1, 0.15) is 11.4 Å². The summed E-state index contributed by atoms with van der Waals surface area (Å²) in [7, 11) is 3.99. The van der Waals surface area contributed by atoms with Crippen LogP contribution in [0, 0.1) is 5.82 Å². The van der Waals surface area contributed by atoms with Crippen molar-refractivity contribution in [3.8, 4) is 16.9 Å². The van der Waals surface area contributed by atoms with E-state index >= 15 is 0 Å². The van der Waals surface area contributed by atoms with Gasteiger partial charge in [-0.1, -0.05) is 23.2 Å². The van der Waals surface area contributed by atoms with Crippen LogP contribution in [0.15, 0.2) is 36.8 Å². The van der Waals surface area contributed by atoms with Gasteiger partial charge in [-0.15, -0.1) is 0 Å². The molecule has 0 bridgehead atoms. The zero-order valence-corrected chi connectivity index (χ0v) is 22.3. The standard InChI is InChI=1S/C25H31Cl2FN6O2/c1-25(2,24(35)30-9-5-10-33(3)4)34-15-17(14-32-34)16-12-21(23(29)31-13-16)36-11-8-18-19(26)6-7-20(28)22(18)27/h6-7,12-15H,5,8-11H2,1-4H3,(H2,29,31)(H,30,35). The van der Waals surface area contributed by atoms with E-state index in [1.807, 2.05) is 27.9 Å². The molecule has 194 valence electrons. The number of nitrogens with one attached hydrogen (secondary N) is 1. The Bertz CT molecular complexity index is 1220. The molecule has 11 heteroatoms. The molecule has 3 N–H and O–H groups in total. The van der Waals surface area contributed by atoms with E-state index in [9.17, 15) is 9.18 Å². The van der Waals surface area contributed by atoms with E-state index < -0.39 is 11.4 Å². The van der Waals surface area contributed by atoms with E-state index in [0.29, 0.717) is 22.9 Å². The van der Waals surface area contributed by atoms with Crippen LogP contribution in [-0.2, 0) is 16.8 Å². The lowest BCUT2D eigenvalue weighted by atomic mass is 10.0. The summed E-state index contributed by atoms with van der Waals surface area (Å²) in [6.45, 7) is 5.26. The Morgan fingerprint density at radius 3 is 2.72 bits per heavy atom. The number of ether oxygens (including phenoxy) is 1. The first-order chi connectivity index (χ1) is 17.0. The van der Waals surface area contributed by atoms with Crippen molar-refractivity contribution < 1.29 is 13.9 Å². The van der Waals surface area contributed by atoms with Crippen LogP contribution < -0.4 is 15.8 Å². The summed E-state index contributed by atoms with van der Waals surface area (Å²) in [6.07, 6.45) is 6.19. The third kappa shape index (κ3) is 6.66. The summed E-state index contributed by atoms with van der Waals surface area (Å²) in [5, 5.41) is 7.72. The maximum atomic E-state index is 13.8. The van der Waals surface area contributed by atoms with Crippen LogP contribution in [0.2, 0.25) is 10.0 Å². The number of carbonyl (C=O) groups is 1. The van der Waals surface area contributed by atoms with E-state index in [4.69, 9.17) is 33.7 Å². The topological polar surface area (TPSA) is 98.3 Å². The van der Waals surface area contributed by atoms with Crippen LogP contribution in [0.1, 0.15) is 25.8 Å². The molecule has 0 fully saturated rings. The lowest BCUT2D eigenvalue weighted by molar-refractivity contribution is -0.128. The van der Waals surface area contributed by atoms with Crippen molar-refractivity contribution in [1.82, 2.24) is 25.0 Å². The fourth-order valence-electron chi connectivity index (χ4n) is 3.49. The Balaban J connectivity index is 1.68. The van der Waals surface area contributed by atoms with Gasteiger partial charge >= 0.3 is 0 Å². The highest BCUT2D eigenvalue weighted by Crippen LogP contribution is 2.30. The number of anilines is 1. The highest BCUT2D eigenvalue weighted by Gasteiger charge is 2.30. The predicted octanol–water partition coefficient (Wildman–Crippen LogP) is 4.40. The van der Waals surface area contributed by atoms with E-state index in [1.54, 1.807) is 29.3 Å². The number of hydrogen-bond acceptors (Lipinski definition) is 6. The average molecular weight is 537 g/mol. The smallest absolute Gasteiger partial charge is 0.247 e. The molecule has 0 radical (unpaired) electrons. The molecule has 0 aliphatic heterocycles. The molecule has 0 unspecified atom stereocenters. The first-order valence-electron chi connectivity index (χ1n) is 11.5. The molecule has 0 aliphatic carbocycles. The average Bonchev–Trinajstić information content (AvgIpc) is 3.33. The summed E-state index contributed by atoms with van der Waals surface area (Å²) in [4.78, 5) is 19.1. The Morgan fingerprint density at radius 1 is 1.25 bits per heavy atom. The summed E-state index contributed by atoms with van der Waals surface area (Å²) in [5.74, 6) is -0.0896. The first kappa shape index (κ1) is 27.7. The summed E-state index contributed by atoms with van der Waals surface area (Å²) < 4.78 is 21.2. The zero-order chi connectivity index (χ0) is 26.5. The van der Waals surface area contributed by atoms with Gasteiger partial charge in [-0.25, -0.2) is 9.37 Å². The molecular weight excluding hydrogens is 506 g/mol. The number of hydrogen-bond donors (Lipinski definition) is 2. The zero-order valence-electron chi connectivity index (χ0n) is 20.8. The van der Waals surface area contributed by atoms with Crippen molar-refractivity contribution in [3.05, 3.63) is 58.2 Å². The Kier molecular flexibility index (Phi) is 9.16. The number of nitrogens with zero attached hydrogens (tertiary/aromatic N) is 4. The summed E-state index contributed by atoms with van der Waals surface area (Å²) >= 11 is 12.2. The van der Waals surface area contributed by atoms with E-state index in [-0.39, 0.29) is 29.8 Å². The number of nitrogens with two attached hydrogens (primary N) is 1. The molecule has 2 heterocycles. The Labute approximate surface area is 220 Å². The van der Waals surface area contributed by atoms with Gasteiger partial charge in [0.15, 0.2) is 11.6 Å². The number of nitrogen functional groups attached to an aromatic ring is 1.